The van der Waals surface area contributed by atoms with E-state index in [-0.39, 0.29) is 31.3 Å². The Labute approximate surface area is 383 Å². The van der Waals surface area contributed by atoms with Crippen LogP contribution in [0.25, 0.3) is 0 Å². The molecule has 0 saturated heterocycles. The minimum Gasteiger partial charge on any atom is -0.461 e. The van der Waals surface area contributed by atoms with Crippen LogP contribution in [-0.2, 0) is 14.3 Å². The second-order valence-electron chi connectivity index (χ2n) is 17.6. The first-order valence-electron chi connectivity index (χ1n) is 26.2. The van der Waals surface area contributed by atoms with Gasteiger partial charge in [-0.1, -0.05) is 235 Å². The maximum atomic E-state index is 13.2. The molecular formula is C56H99NO5. The van der Waals surface area contributed by atoms with E-state index in [1.165, 1.54) is 141 Å². The van der Waals surface area contributed by atoms with Crippen LogP contribution in [0.2, 0.25) is 0 Å². The average Bonchev–Trinajstić information content (AvgIpc) is 3.26. The van der Waals surface area contributed by atoms with Crippen LogP contribution in [0.15, 0.2) is 72.9 Å². The minimum absolute atomic E-state index is 0.0226. The number of nitrogens with one attached hydrogen (secondary N) is 1. The second kappa shape index (κ2) is 49.3. The Kier molecular flexibility index (Phi) is 47.2. The summed E-state index contributed by atoms with van der Waals surface area (Å²) >= 11 is 0. The van der Waals surface area contributed by atoms with Crippen molar-refractivity contribution < 1.29 is 24.5 Å². The SMILES string of the molecule is CCCCC/C=C\C/C=C\C/C=C\C/C=C\CC(CC(=O)NC(CO)C(O)CCCCCCCCCCCCCCCCC)OC(=O)CC/C=C/C/C=C\CCCCCCCC. The van der Waals surface area contributed by atoms with Gasteiger partial charge in [-0.05, 0) is 64.2 Å². The van der Waals surface area contributed by atoms with E-state index >= 15 is 0 Å². The molecule has 358 valence electrons. The van der Waals surface area contributed by atoms with Gasteiger partial charge in [0, 0.05) is 12.8 Å². The van der Waals surface area contributed by atoms with E-state index in [0.29, 0.717) is 19.3 Å². The van der Waals surface area contributed by atoms with Gasteiger partial charge in [0.1, 0.15) is 6.10 Å². The summed E-state index contributed by atoms with van der Waals surface area (Å²) in [6.45, 7) is 6.41. The molecule has 0 aliphatic heterocycles. The van der Waals surface area contributed by atoms with Gasteiger partial charge in [0.15, 0.2) is 0 Å². The first kappa shape index (κ1) is 59.3. The molecule has 3 atom stereocenters. The van der Waals surface area contributed by atoms with E-state index in [9.17, 15) is 19.8 Å². The van der Waals surface area contributed by atoms with Gasteiger partial charge in [0.05, 0.1) is 25.2 Å². The lowest BCUT2D eigenvalue weighted by atomic mass is 10.0. The highest BCUT2D eigenvalue weighted by molar-refractivity contribution is 5.77. The first-order chi connectivity index (χ1) is 30.5. The molecule has 6 nitrogen and oxygen atoms in total. The quantitative estimate of drug-likeness (QED) is 0.0322. The molecule has 3 N–H and O–H groups in total. The predicted octanol–water partition coefficient (Wildman–Crippen LogP) is 15.8. The van der Waals surface area contributed by atoms with Gasteiger partial charge in [-0.2, -0.15) is 0 Å². The van der Waals surface area contributed by atoms with Crippen molar-refractivity contribution in [2.24, 2.45) is 0 Å². The summed E-state index contributed by atoms with van der Waals surface area (Å²) in [6, 6.07) is -0.743. The number of hydrogen-bond donors (Lipinski definition) is 3. The molecule has 3 unspecified atom stereocenters. The molecule has 0 rings (SSSR count). The number of unbranched alkanes of at least 4 members (excludes halogenated alkanes) is 23. The largest absolute Gasteiger partial charge is 0.461 e. The summed E-state index contributed by atoms with van der Waals surface area (Å²) in [4.78, 5) is 26.1. The Morgan fingerprint density at radius 2 is 0.855 bits per heavy atom. The van der Waals surface area contributed by atoms with E-state index < -0.39 is 18.2 Å². The van der Waals surface area contributed by atoms with Gasteiger partial charge in [0.25, 0.3) is 0 Å². The Hall–Kier alpha value is -2.70. The Morgan fingerprint density at radius 1 is 0.484 bits per heavy atom. The van der Waals surface area contributed by atoms with E-state index in [0.717, 1.165) is 51.4 Å². The highest BCUT2D eigenvalue weighted by Crippen LogP contribution is 2.16. The van der Waals surface area contributed by atoms with E-state index in [2.05, 4.69) is 80.8 Å². The zero-order chi connectivity index (χ0) is 45.2. The van der Waals surface area contributed by atoms with Crippen molar-refractivity contribution in [1.82, 2.24) is 5.32 Å². The molecule has 0 heterocycles. The number of hydrogen-bond acceptors (Lipinski definition) is 5. The van der Waals surface area contributed by atoms with Crippen LogP contribution < -0.4 is 5.32 Å². The summed E-state index contributed by atoms with van der Waals surface area (Å²) in [6.07, 6.45) is 62.7. The van der Waals surface area contributed by atoms with Crippen LogP contribution >= 0.6 is 0 Å². The lowest BCUT2D eigenvalue weighted by Gasteiger charge is -2.24. The second-order valence-corrected chi connectivity index (χ2v) is 17.6. The molecule has 0 aromatic carbocycles. The molecule has 0 fully saturated rings. The van der Waals surface area contributed by atoms with Crippen molar-refractivity contribution in [2.45, 2.75) is 264 Å². The van der Waals surface area contributed by atoms with Crippen LogP contribution in [0.4, 0.5) is 0 Å². The Morgan fingerprint density at radius 3 is 1.32 bits per heavy atom. The fourth-order valence-electron chi connectivity index (χ4n) is 7.52. The third-order valence-electron chi connectivity index (χ3n) is 11.5. The van der Waals surface area contributed by atoms with Gasteiger partial charge in [0.2, 0.25) is 5.91 Å². The number of amides is 1. The van der Waals surface area contributed by atoms with Crippen LogP contribution in [-0.4, -0.2) is 46.9 Å². The fraction of sp³-hybridized carbons (Fsp3) is 0.750. The van der Waals surface area contributed by atoms with Crippen molar-refractivity contribution in [3.05, 3.63) is 72.9 Å². The van der Waals surface area contributed by atoms with Crippen molar-refractivity contribution in [3.8, 4) is 0 Å². The molecule has 0 aromatic heterocycles. The van der Waals surface area contributed by atoms with Gasteiger partial charge < -0.3 is 20.3 Å². The highest BCUT2D eigenvalue weighted by Gasteiger charge is 2.23. The number of rotatable bonds is 46. The molecule has 6 heteroatoms. The van der Waals surface area contributed by atoms with Crippen molar-refractivity contribution in [3.63, 3.8) is 0 Å². The summed E-state index contributed by atoms with van der Waals surface area (Å²) in [5, 5.41) is 23.7. The molecule has 0 spiro atoms. The summed E-state index contributed by atoms with van der Waals surface area (Å²) < 4.78 is 5.83. The molecule has 0 bridgehead atoms. The number of aliphatic hydroxyl groups is 2. The Balaban J connectivity index is 4.75. The monoisotopic (exact) mass is 866 g/mol. The summed E-state index contributed by atoms with van der Waals surface area (Å²) in [7, 11) is 0. The Bertz CT molecular complexity index is 1150. The molecule has 0 aliphatic rings. The summed E-state index contributed by atoms with van der Waals surface area (Å²) in [5.41, 5.74) is 0. The third-order valence-corrected chi connectivity index (χ3v) is 11.5. The predicted molar refractivity (Wildman–Crippen MR) is 268 cm³/mol. The molecule has 0 aromatic rings. The number of carbonyl (C=O) groups excluding carboxylic acids is 2. The highest BCUT2D eigenvalue weighted by atomic mass is 16.5. The molecule has 0 saturated carbocycles. The molecular weight excluding hydrogens is 767 g/mol. The summed E-state index contributed by atoms with van der Waals surface area (Å²) in [5.74, 6) is -0.658. The number of ether oxygens (including phenoxy) is 1. The molecule has 62 heavy (non-hydrogen) atoms. The van der Waals surface area contributed by atoms with E-state index in [1.54, 1.807) is 0 Å². The van der Waals surface area contributed by atoms with Gasteiger partial charge in [-0.25, -0.2) is 0 Å². The van der Waals surface area contributed by atoms with Crippen molar-refractivity contribution in [1.29, 1.82) is 0 Å². The topological polar surface area (TPSA) is 95.9 Å². The number of carbonyl (C=O) groups is 2. The lowest BCUT2D eigenvalue weighted by molar-refractivity contribution is -0.150. The molecule has 0 radical (unpaired) electrons. The third kappa shape index (κ3) is 43.9. The van der Waals surface area contributed by atoms with E-state index in [4.69, 9.17) is 4.74 Å². The van der Waals surface area contributed by atoms with Crippen LogP contribution in [0.5, 0.6) is 0 Å². The molecule has 0 aliphatic carbocycles. The number of aliphatic hydroxyl groups excluding tert-OH is 2. The average molecular weight is 866 g/mol. The maximum Gasteiger partial charge on any atom is 0.306 e. The maximum absolute atomic E-state index is 13.2. The minimum atomic E-state index is -0.822. The van der Waals surface area contributed by atoms with Crippen molar-refractivity contribution in [2.75, 3.05) is 6.61 Å². The molecule has 1 amide bonds. The standard InChI is InChI=1S/C56H99NO5/c1-4-7-10-13-16-19-22-25-27-30-32-35-38-41-44-47-52(62-56(61)49-46-43-40-37-34-29-24-21-18-15-12-9-6-3)50-55(60)57-53(51-58)54(59)48-45-42-39-36-33-31-28-26-23-20-17-14-11-8-5-2/h16,19,25,27,29,32,34-35,40-41,43-44,52-54,58-59H,4-15,17-18,20-24,26,28,30-31,33,36-39,42,45-51H2,1-3H3,(H,57,60)/b19-16-,27-25-,34-29-,35-32-,43-40+,44-41-. The van der Waals surface area contributed by atoms with Crippen LogP contribution in [0.1, 0.15) is 245 Å². The van der Waals surface area contributed by atoms with Crippen LogP contribution in [0.3, 0.4) is 0 Å². The van der Waals surface area contributed by atoms with Crippen LogP contribution in [0, 0.1) is 0 Å². The zero-order valence-electron chi connectivity index (χ0n) is 40.7. The normalized spacial score (nSPS) is 13.8. The zero-order valence-corrected chi connectivity index (χ0v) is 40.7. The van der Waals surface area contributed by atoms with E-state index in [1.807, 2.05) is 18.2 Å². The van der Waals surface area contributed by atoms with Gasteiger partial charge in [-0.15, -0.1) is 0 Å². The lowest BCUT2D eigenvalue weighted by Crippen LogP contribution is -2.46. The number of allylic oxidation sites excluding steroid dienone is 11. The first-order valence-corrected chi connectivity index (χ1v) is 26.2. The smallest absolute Gasteiger partial charge is 0.306 e. The van der Waals surface area contributed by atoms with Gasteiger partial charge in [-0.3, -0.25) is 9.59 Å². The van der Waals surface area contributed by atoms with Gasteiger partial charge >= 0.3 is 5.97 Å². The van der Waals surface area contributed by atoms with Crippen molar-refractivity contribution >= 4 is 11.9 Å². The fourth-order valence-corrected chi connectivity index (χ4v) is 7.52. The number of esters is 1.